The van der Waals surface area contributed by atoms with Crippen LogP contribution in [0.4, 0.5) is 0 Å². The number of benzene rings is 4. The van der Waals surface area contributed by atoms with Gasteiger partial charge in [-0.05, 0) is 72.2 Å². The lowest BCUT2D eigenvalue weighted by molar-refractivity contribution is -0.134. The average molecular weight is 521 g/mol. The lowest BCUT2D eigenvalue weighted by Crippen LogP contribution is -2.56. The molecule has 2 heteroatoms. The van der Waals surface area contributed by atoms with E-state index in [4.69, 9.17) is 0 Å². The highest BCUT2D eigenvalue weighted by Gasteiger charge is 2.88. The highest BCUT2D eigenvalue weighted by atomic mass is 16.1. The van der Waals surface area contributed by atoms with Gasteiger partial charge in [0, 0.05) is 0 Å². The fraction of sp³-hybridized carbons (Fsp3) is 0.211. The highest BCUT2D eigenvalue weighted by molar-refractivity contribution is 6.33. The fourth-order valence-electron chi connectivity index (χ4n) is 9.13. The van der Waals surface area contributed by atoms with Gasteiger partial charge in [0.25, 0.3) is 0 Å². The molecule has 4 aromatic rings. The van der Waals surface area contributed by atoms with Crippen molar-refractivity contribution in [3.63, 3.8) is 0 Å². The summed E-state index contributed by atoms with van der Waals surface area (Å²) < 4.78 is 0. The van der Waals surface area contributed by atoms with Crippen molar-refractivity contribution in [2.75, 3.05) is 0 Å². The first kappa shape index (κ1) is 24.7. The van der Waals surface area contributed by atoms with E-state index in [0.717, 1.165) is 44.5 Å². The van der Waals surface area contributed by atoms with Crippen molar-refractivity contribution in [2.45, 2.75) is 33.1 Å². The molecule has 7 rings (SSSR count). The van der Waals surface area contributed by atoms with Crippen LogP contribution in [0.3, 0.4) is 0 Å². The fourth-order valence-corrected chi connectivity index (χ4v) is 9.13. The molecule has 2 bridgehead atoms. The Labute approximate surface area is 236 Å². The van der Waals surface area contributed by atoms with E-state index in [1.807, 2.05) is 79.7 Å². The lowest BCUT2D eigenvalue weighted by atomic mass is 9.43. The molecule has 0 aliphatic heterocycles. The first-order valence-electron chi connectivity index (χ1n) is 14.1. The summed E-state index contributed by atoms with van der Waals surface area (Å²) in [6.07, 6.45) is 0. The molecule has 3 aliphatic rings. The molecule has 0 spiro atoms. The minimum atomic E-state index is -1.06. The zero-order valence-electron chi connectivity index (χ0n) is 23.4. The molecule has 1 saturated carbocycles. The molecule has 2 nitrogen and oxygen atoms in total. The molecule has 196 valence electrons. The maximum absolute atomic E-state index is 15.4. The number of allylic oxidation sites excluding steroid dienone is 4. The predicted molar refractivity (Wildman–Crippen MR) is 161 cm³/mol. The minimum absolute atomic E-state index is 0.0651. The monoisotopic (exact) mass is 520 g/mol. The molecule has 3 aliphatic carbocycles. The number of hydrogen-bond donors (Lipinski definition) is 0. The second kappa shape index (κ2) is 8.11. The second-order valence-corrected chi connectivity index (χ2v) is 12.0. The zero-order chi connectivity index (χ0) is 27.9. The summed E-state index contributed by atoms with van der Waals surface area (Å²) in [7, 11) is 0. The smallest absolute Gasteiger partial charge is 0.167 e. The van der Waals surface area contributed by atoms with Gasteiger partial charge in [-0.15, -0.1) is 0 Å². The van der Waals surface area contributed by atoms with Crippen molar-refractivity contribution in [1.29, 1.82) is 0 Å². The molecule has 4 unspecified atom stereocenters. The second-order valence-electron chi connectivity index (χ2n) is 12.0. The Morgan fingerprint density at radius 2 is 0.850 bits per heavy atom. The number of hydrogen-bond acceptors (Lipinski definition) is 2. The molecule has 0 N–H and O–H groups in total. The third-order valence-corrected chi connectivity index (χ3v) is 10.6. The molecule has 0 aromatic heterocycles. The first-order chi connectivity index (χ1) is 19.3. The van der Waals surface area contributed by atoms with Crippen LogP contribution in [0.5, 0.6) is 0 Å². The SMILES string of the molecule is CC1=C(c2ccccc2)C2(c3ccccc3)C3(C)C(=O)C(C)(C(c4ccccc4)=C3c3ccccc3)C2(C)C1=O. The Kier molecular flexibility index (Phi) is 5.01. The normalized spacial score (nSPS) is 30.8. The van der Waals surface area contributed by atoms with Gasteiger partial charge in [-0.3, -0.25) is 9.59 Å². The highest BCUT2D eigenvalue weighted by Crippen LogP contribution is 2.86. The van der Waals surface area contributed by atoms with Crippen molar-refractivity contribution < 1.29 is 9.59 Å². The molecule has 4 atom stereocenters. The van der Waals surface area contributed by atoms with Gasteiger partial charge in [0.05, 0.1) is 21.7 Å². The van der Waals surface area contributed by atoms with Crippen LogP contribution < -0.4 is 0 Å². The van der Waals surface area contributed by atoms with Gasteiger partial charge < -0.3 is 0 Å². The summed E-state index contributed by atoms with van der Waals surface area (Å²) in [6, 6.07) is 41.1. The summed E-state index contributed by atoms with van der Waals surface area (Å²) in [5.41, 5.74) is 3.79. The van der Waals surface area contributed by atoms with Crippen LogP contribution in [-0.2, 0) is 15.0 Å². The average Bonchev–Trinajstić information content (AvgIpc) is 3.37. The molecule has 0 amide bonds. The first-order valence-corrected chi connectivity index (χ1v) is 14.1. The van der Waals surface area contributed by atoms with E-state index >= 15 is 4.79 Å². The molecule has 0 radical (unpaired) electrons. The van der Waals surface area contributed by atoms with E-state index < -0.39 is 21.7 Å². The van der Waals surface area contributed by atoms with Crippen molar-refractivity contribution >= 4 is 28.3 Å². The van der Waals surface area contributed by atoms with Crippen LogP contribution in [0.15, 0.2) is 127 Å². The van der Waals surface area contributed by atoms with E-state index in [1.54, 1.807) is 0 Å². The van der Waals surface area contributed by atoms with E-state index in [0.29, 0.717) is 0 Å². The van der Waals surface area contributed by atoms with Crippen LogP contribution in [0.1, 0.15) is 49.9 Å². The largest absolute Gasteiger partial charge is 0.298 e. The molecular formula is C38H32O2. The van der Waals surface area contributed by atoms with Crippen LogP contribution in [0, 0.1) is 16.2 Å². The standard InChI is InChI=1S/C38H32O2/c1-25-30(26-17-9-5-10-18-26)38(29-23-15-8-16-24-29)36(3)32(28-21-13-7-14-22-28)31(27-19-11-6-12-20-27)35(2,34(36)40)37(38,4)33(25)39/h5-24H,1-4H3. The number of Topliss-reactive ketones (excluding diaryl/α,β-unsaturated/α-hetero) is 2. The molecule has 40 heavy (non-hydrogen) atoms. The number of ketones is 2. The summed E-state index contributed by atoms with van der Waals surface area (Å²) in [6.45, 7) is 8.23. The van der Waals surface area contributed by atoms with Crippen molar-refractivity contribution in [3.8, 4) is 0 Å². The Hall–Kier alpha value is -4.30. The number of carbonyl (C=O) groups is 2. The Bertz CT molecular complexity index is 1750. The summed E-state index contributed by atoms with van der Waals surface area (Å²) >= 11 is 0. The maximum atomic E-state index is 15.4. The van der Waals surface area contributed by atoms with Crippen molar-refractivity contribution in [1.82, 2.24) is 0 Å². The van der Waals surface area contributed by atoms with Gasteiger partial charge in [-0.2, -0.15) is 0 Å². The Morgan fingerprint density at radius 1 is 0.475 bits per heavy atom. The van der Waals surface area contributed by atoms with E-state index in [-0.39, 0.29) is 11.6 Å². The van der Waals surface area contributed by atoms with Crippen LogP contribution in [0.25, 0.3) is 16.7 Å². The number of carbonyl (C=O) groups excluding carboxylic acids is 2. The van der Waals surface area contributed by atoms with Crippen LogP contribution in [0.2, 0.25) is 0 Å². The topological polar surface area (TPSA) is 34.1 Å². The van der Waals surface area contributed by atoms with Gasteiger partial charge in [-0.25, -0.2) is 0 Å². The summed E-state index contributed by atoms with van der Waals surface area (Å²) in [5, 5.41) is 0. The molecule has 0 saturated heterocycles. The minimum Gasteiger partial charge on any atom is -0.298 e. The lowest BCUT2D eigenvalue weighted by Gasteiger charge is -2.55. The zero-order valence-corrected chi connectivity index (χ0v) is 23.4. The van der Waals surface area contributed by atoms with Gasteiger partial charge in [0.15, 0.2) is 11.6 Å². The van der Waals surface area contributed by atoms with Gasteiger partial charge in [0.2, 0.25) is 0 Å². The Morgan fingerprint density at radius 3 is 1.30 bits per heavy atom. The van der Waals surface area contributed by atoms with Crippen molar-refractivity contribution in [2.24, 2.45) is 16.2 Å². The van der Waals surface area contributed by atoms with E-state index in [9.17, 15) is 4.79 Å². The molecule has 0 heterocycles. The van der Waals surface area contributed by atoms with Crippen LogP contribution >= 0.6 is 0 Å². The van der Waals surface area contributed by atoms with Gasteiger partial charge in [0.1, 0.15) is 0 Å². The molecular weight excluding hydrogens is 488 g/mol. The summed E-state index contributed by atoms with van der Waals surface area (Å²) in [5.74, 6) is 0.189. The van der Waals surface area contributed by atoms with E-state index in [2.05, 4.69) is 69.3 Å². The molecule has 1 fully saturated rings. The number of fused-ring (bicyclic) bond motifs is 5. The quantitative estimate of drug-likeness (QED) is 0.272. The Balaban J connectivity index is 1.73. The number of rotatable bonds is 4. The van der Waals surface area contributed by atoms with Crippen LogP contribution in [-0.4, -0.2) is 11.6 Å². The third kappa shape index (κ3) is 2.47. The van der Waals surface area contributed by atoms with E-state index in [1.165, 1.54) is 0 Å². The third-order valence-electron chi connectivity index (χ3n) is 10.6. The van der Waals surface area contributed by atoms with Gasteiger partial charge in [-0.1, -0.05) is 121 Å². The molecule has 4 aromatic carbocycles. The van der Waals surface area contributed by atoms with Crippen molar-refractivity contribution in [3.05, 3.63) is 149 Å². The maximum Gasteiger partial charge on any atom is 0.167 e. The van der Waals surface area contributed by atoms with Gasteiger partial charge >= 0.3 is 0 Å². The predicted octanol–water partition coefficient (Wildman–Crippen LogP) is 8.21. The summed E-state index contributed by atoms with van der Waals surface area (Å²) in [4.78, 5) is 30.3.